The van der Waals surface area contributed by atoms with Gasteiger partial charge in [-0.1, -0.05) is 48.0 Å². The van der Waals surface area contributed by atoms with Crippen LogP contribution in [0.2, 0.25) is 0 Å². The Balaban J connectivity index is 1.55. The van der Waals surface area contributed by atoms with E-state index in [4.69, 9.17) is 9.57 Å². The molecule has 31 heavy (non-hydrogen) atoms. The van der Waals surface area contributed by atoms with Crippen LogP contribution >= 0.6 is 0 Å². The van der Waals surface area contributed by atoms with Gasteiger partial charge in [0.05, 0.1) is 24.5 Å². The summed E-state index contributed by atoms with van der Waals surface area (Å²) in [4.78, 5) is 34.2. The molecule has 2 heterocycles. The van der Waals surface area contributed by atoms with Gasteiger partial charge in [-0.15, -0.1) is 0 Å². The third kappa shape index (κ3) is 3.16. The van der Waals surface area contributed by atoms with Crippen LogP contribution in [0.1, 0.15) is 17.2 Å². The normalized spacial score (nSPS) is 22.7. The lowest BCUT2D eigenvalue weighted by molar-refractivity contribution is -0.126. The number of imide groups is 1. The number of aryl methyl sites for hydroxylation is 1. The van der Waals surface area contributed by atoms with E-state index in [0.717, 1.165) is 22.6 Å². The Morgan fingerprint density at radius 3 is 2.10 bits per heavy atom. The highest BCUT2D eigenvalue weighted by Gasteiger charge is 2.60. The van der Waals surface area contributed by atoms with Crippen molar-refractivity contribution in [1.29, 1.82) is 0 Å². The van der Waals surface area contributed by atoms with Gasteiger partial charge in [0, 0.05) is 0 Å². The maximum absolute atomic E-state index is 13.5. The van der Waals surface area contributed by atoms with Crippen molar-refractivity contribution in [2.75, 3.05) is 17.1 Å². The molecular weight excluding hydrogens is 392 g/mol. The van der Waals surface area contributed by atoms with Crippen LogP contribution in [-0.2, 0) is 14.4 Å². The Labute approximate surface area is 180 Å². The van der Waals surface area contributed by atoms with Crippen molar-refractivity contribution in [2.45, 2.75) is 19.1 Å². The Morgan fingerprint density at radius 2 is 1.45 bits per heavy atom. The first-order valence-corrected chi connectivity index (χ1v) is 10.2. The number of carbonyl (C=O) groups is 2. The summed E-state index contributed by atoms with van der Waals surface area (Å²) in [5, 5.41) is 1.69. The number of anilines is 2. The van der Waals surface area contributed by atoms with Crippen molar-refractivity contribution in [2.24, 2.45) is 5.92 Å². The first kappa shape index (κ1) is 19.3. The Bertz CT molecular complexity index is 1110. The highest BCUT2D eigenvalue weighted by molar-refractivity contribution is 6.23. The van der Waals surface area contributed by atoms with Crippen molar-refractivity contribution in [3.63, 3.8) is 0 Å². The summed E-state index contributed by atoms with van der Waals surface area (Å²) in [6.07, 6.45) is -0.874. The fourth-order valence-electron chi connectivity index (χ4n) is 4.30. The van der Waals surface area contributed by atoms with E-state index in [2.05, 4.69) is 0 Å². The largest absolute Gasteiger partial charge is 0.497 e. The van der Waals surface area contributed by atoms with E-state index in [1.807, 2.05) is 73.7 Å². The number of methoxy groups -OCH3 is 1. The summed E-state index contributed by atoms with van der Waals surface area (Å²) in [7, 11) is 1.61. The average molecular weight is 414 g/mol. The van der Waals surface area contributed by atoms with Crippen molar-refractivity contribution >= 4 is 23.2 Å². The van der Waals surface area contributed by atoms with E-state index in [1.54, 1.807) is 24.3 Å². The second kappa shape index (κ2) is 7.56. The monoisotopic (exact) mass is 414 g/mol. The van der Waals surface area contributed by atoms with Crippen LogP contribution in [0.5, 0.6) is 5.75 Å². The molecule has 0 unspecified atom stereocenters. The molecule has 0 bridgehead atoms. The molecule has 6 nitrogen and oxygen atoms in total. The maximum Gasteiger partial charge on any atom is 0.266 e. The van der Waals surface area contributed by atoms with E-state index in [1.165, 1.54) is 4.90 Å². The molecule has 0 radical (unpaired) electrons. The van der Waals surface area contributed by atoms with Crippen molar-refractivity contribution < 1.29 is 19.2 Å². The van der Waals surface area contributed by atoms with Gasteiger partial charge >= 0.3 is 0 Å². The van der Waals surface area contributed by atoms with E-state index >= 15 is 0 Å². The first-order chi connectivity index (χ1) is 15.1. The summed E-state index contributed by atoms with van der Waals surface area (Å²) in [6.45, 7) is 1.97. The summed E-state index contributed by atoms with van der Waals surface area (Å²) in [5.41, 5.74) is 3.30. The smallest absolute Gasteiger partial charge is 0.266 e. The molecule has 2 fully saturated rings. The van der Waals surface area contributed by atoms with Crippen molar-refractivity contribution in [1.82, 2.24) is 0 Å². The molecule has 2 aliphatic heterocycles. The average Bonchev–Trinajstić information content (AvgIpc) is 3.31. The third-order valence-electron chi connectivity index (χ3n) is 5.88. The molecule has 6 heteroatoms. The number of nitrogens with zero attached hydrogens (tertiary/aromatic N) is 2. The molecule has 156 valence electrons. The molecule has 5 rings (SSSR count). The first-order valence-electron chi connectivity index (χ1n) is 10.2. The van der Waals surface area contributed by atoms with Gasteiger partial charge in [0.1, 0.15) is 11.7 Å². The minimum atomic E-state index is -0.874. The number of hydrogen-bond acceptors (Lipinski definition) is 5. The van der Waals surface area contributed by atoms with Crippen molar-refractivity contribution in [3.8, 4) is 5.75 Å². The summed E-state index contributed by atoms with van der Waals surface area (Å²) >= 11 is 0. The van der Waals surface area contributed by atoms with Gasteiger partial charge in [0.2, 0.25) is 5.91 Å². The van der Waals surface area contributed by atoms with Crippen molar-refractivity contribution in [3.05, 3.63) is 90.0 Å². The highest BCUT2D eigenvalue weighted by atomic mass is 16.7. The van der Waals surface area contributed by atoms with Crippen LogP contribution in [-0.4, -0.2) is 25.0 Å². The summed E-state index contributed by atoms with van der Waals surface area (Å²) in [5.74, 6) is -0.505. The van der Waals surface area contributed by atoms with Crippen LogP contribution in [0.25, 0.3) is 0 Å². The number of amides is 2. The molecule has 0 spiro atoms. The number of hydroxylamine groups is 1. The number of rotatable bonds is 4. The summed E-state index contributed by atoms with van der Waals surface area (Å²) < 4.78 is 5.25. The molecule has 3 aromatic rings. The van der Waals surface area contributed by atoms with Crippen LogP contribution in [0.3, 0.4) is 0 Å². The SMILES string of the molecule is COc1ccc(N2O[C@H]3C(=O)N(c4ccc(C)cc4)C(=O)[C@@H]3[C@@H]2c2ccccc2)cc1. The highest BCUT2D eigenvalue weighted by Crippen LogP contribution is 2.47. The Morgan fingerprint density at radius 1 is 0.806 bits per heavy atom. The zero-order valence-corrected chi connectivity index (χ0v) is 17.3. The Hall–Kier alpha value is -3.64. The van der Waals surface area contributed by atoms with E-state index in [-0.39, 0.29) is 11.8 Å². The fraction of sp³-hybridized carbons (Fsp3) is 0.200. The number of fused-ring (bicyclic) bond motifs is 1. The molecule has 0 N–H and O–H groups in total. The zero-order chi connectivity index (χ0) is 21.5. The number of ether oxygens (including phenoxy) is 1. The van der Waals surface area contributed by atoms with Gasteiger partial charge in [-0.3, -0.25) is 14.4 Å². The molecular formula is C25H22N2O4. The zero-order valence-electron chi connectivity index (χ0n) is 17.3. The van der Waals surface area contributed by atoms with Crippen LogP contribution in [0.15, 0.2) is 78.9 Å². The topological polar surface area (TPSA) is 59.1 Å². The van der Waals surface area contributed by atoms with Gasteiger partial charge in [0.25, 0.3) is 5.91 Å². The van der Waals surface area contributed by atoms with Crippen LogP contribution < -0.4 is 14.7 Å². The van der Waals surface area contributed by atoms with E-state index in [9.17, 15) is 9.59 Å². The molecule has 2 amide bonds. The van der Waals surface area contributed by atoms with E-state index < -0.39 is 18.1 Å². The predicted octanol–water partition coefficient (Wildman–Crippen LogP) is 4.05. The minimum Gasteiger partial charge on any atom is -0.497 e. The lowest BCUT2D eigenvalue weighted by Gasteiger charge is -2.28. The lowest BCUT2D eigenvalue weighted by Crippen LogP contribution is -2.37. The van der Waals surface area contributed by atoms with Gasteiger partial charge in [-0.2, -0.15) is 0 Å². The number of carbonyl (C=O) groups excluding carboxylic acids is 2. The van der Waals surface area contributed by atoms with E-state index in [0.29, 0.717) is 5.69 Å². The van der Waals surface area contributed by atoms with Gasteiger partial charge in [-0.25, -0.2) is 9.96 Å². The third-order valence-corrected chi connectivity index (χ3v) is 5.88. The van der Waals surface area contributed by atoms with Crippen LogP contribution in [0.4, 0.5) is 11.4 Å². The Kier molecular flexibility index (Phi) is 4.71. The molecule has 0 aromatic heterocycles. The number of benzene rings is 3. The lowest BCUT2D eigenvalue weighted by atomic mass is 9.90. The molecule has 3 aromatic carbocycles. The van der Waals surface area contributed by atoms with Gasteiger partial charge < -0.3 is 4.74 Å². The quantitative estimate of drug-likeness (QED) is 0.603. The maximum atomic E-state index is 13.5. The molecule has 0 aliphatic carbocycles. The molecule has 2 saturated heterocycles. The fourth-order valence-corrected chi connectivity index (χ4v) is 4.30. The van der Waals surface area contributed by atoms with Gasteiger partial charge in [0.15, 0.2) is 6.10 Å². The van der Waals surface area contributed by atoms with Crippen LogP contribution in [0, 0.1) is 12.8 Å². The molecule has 3 atom stereocenters. The minimum absolute atomic E-state index is 0.247. The second-order valence-corrected chi connectivity index (χ2v) is 7.78. The number of hydrogen-bond donors (Lipinski definition) is 0. The second-order valence-electron chi connectivity index (χ2n) is 7.78. The molecule has 0 saturated carbocycles. The predicted molar refractivity (Wildman–Crippen MR) is 117 cm³/mol. The summed E-state index contributed by atoms with van der Waals surface area (Å²) in [6, 6.07) is 24.0. The van der Waals surface area contributed by atoms with Gasteiger partial charge in [-0.05, 0) is 48.9 Å². The molecule has 2 aliphatic rings. The standard InChI is InChI=1S/C25H22N2O4/c1-16-8-10-18(11-9-16)26-24(28)21-22(17-6-4-3-5-7-17)27(31-23(21)25(26)29)19-12-14-20(30-2)15-13-19/h3-15,21-23H,1-2H3/t21-,22+,23-/m1/s1.